The molecule has 1 spiro atoms. The number of nitrogens with zero attached hydrogens (tertiary/aromatic N) is 5. The van der Waals surface area contributed by atoms with Crippen molar-refractivity contribution in [2.24, 2.45) is 5.41 Å². The number of fused-ring (bicyclic) bond motifs is 1. The van der Waals surface area contributed by atoms with Crippen molar-refractivity contribution in [3.63, 3.8) is 0 Å². The molecule has 4 rings (SSSR count). The summed E-state index contributed by atoms with van der Waals surface area (Å²) in [4.78, 5) is 30.5. The van der Waals surface area contributed by atoms with Crippen molar-refractivity contribution in [1.29, 1.82) is 0 Å². The molecule has 0 bridgehead atoms. The second-order valence-electron chi connectivity index (χ2n) is 7.46. The smallest absolute Gasteiger partial charge is 0.252 e. The van der Waals surface area contributed by atoms with E-state index in [2.05, 4.69) is 33.7 Å². The zero-order valence-corrected chi connectivity index (χ0v) is 15.2. The van der Waals surface area contributed by atoms with E-state index in [4.69, 9.17) is 4.42 Å². The Balaban J connectivity index is 1.64. The Labute approximate surface area is 147 Å². The molecule has 7 heteroatoms. The fourth-order valence-electron chi connectivity index (χ4n) is 4.19. The van der Waals surface area contributed by atoms with E-state index in [0.29, 0.717) is 29.6 Å². The molecule has 0 aromatic carbocycles. The second-order valence-corrected chi connectivity index (χ2v) is 7.46. The molecule has 0 N–H and O–H groups in total. The molecule has 2 aliphatic heterocycles. The lowest BCUT2D eigenvalue weighted by atomic mass is 9.78. The molecule has 2 aromatic heterocycles. The summed E-state index contributed by atoms with van der Waals surface area (Å²) in [7, 11) is 0. The molecule has 2 aromatic rings. The highest BCUT2D eigenvalue weighted by Gasteiger charge is 2.49. The number of carbonyl (C=O) groups excluding carboxylic acids is 1. The van der Waals surface area contributed by atoms with E-state index in [0.717, 1.165) is 44.6 Å². The maximum absolute atomic E-state index is 13.1. The number of amides is 1. The molecule has 0 aliphatic carbocycles. The molecule has 0 unspecified atom stereocenters. The highest BCUT2D eigenvalue weighted by Crippen LogP contribution is 2.42. The van der Waals surface area contributed by atoms with Gasteiger partial charge in [-0.15, -0.1) is 0 Å². The van der Waals surface area contributed by atoms with Gasteiger partial charge in [0.15, 0.2) is 17.2 Å². The van der Waals surface area contributed by atoms with Crippen LogP contribution in [0.5, 0.6) is 0 Å². The van der Waals surface area contributed by atoms with Gasteiger partial charge in [-0.3, -0.25) is 4.79 Å². The minimum atomic E-state index is -0.281. The third kappa shape index (κ3) is 2.56. The van der Waals surface area contributed by atoms with Crippen molar-refractivity contribution >= 4 is 23.0 Å². The summed E-state index contributed by atoms with van der Waals surface area (Å²) in [6.07, 6.45) is 5.15. The second kappa shape index (κ2) is 5.97. The van der Waals surface area contributed by atoms with Gasteiger partial charge in [0.2, 0.25) is 5.91 Å². The molecule has 2 aliphatic rings. The predicted octanol–water partition coefficient (Wildman–Crippen LogP) is 2.41. The van der Waals surface area contributed by atoms with E-state index < -0.39 is 0 Å². The van der Waals surface area contributed by atoms with Crippen LogP contribution < -0.4 is 4.90 Å². The number of rotatable bonds is 3. The minimum absolute atomic E-state index is 0.257. The molecule has 0 saturated carbocycles. The molecule has 7 nitrogen and oxygen atoms in total. The van der Waals surface area contributed by atoms with Crippen LogP contribution in [0.4, 0.5) is 5.82 Å². The van der Waals surface area contributed by atoms with Gasteiger partial charge in [-0.2, -0.15) is 4.98 Å². The average Bonchev–Trinajstić information content (AvgIpc) is 3.21. The summed E-state index contributed by atoms with van der Waals surface area (Å²) >= 11 is 0. The molecule has 1 atom stereocenters. The van der Waals surface area contributed by atoms with Crippen LogP contribution in [0.3, 0.4) is 0 Å². The van der Waals surface area contributed by atoms with E-state index in [1.54, 1.807) is 0 Å². The largest absolute Gasteiger partial charge is 0.422 e. The van der Waals surface area contributed by atoms with E-state index in [1.165, 1.54) is 6.33 Å². The van der Waals surface area contributed by atoms with Gasteiger partial charge in [-0.05, 0) is 33.1 Å². The number of piperidine rings is 1. The fraction of sp³-hybridized carbons (Fsp3) is 0.667. The topological polar surface area (TPSA) is 75.4 Å². The summed E-state index contributed by atoms with van der Waals surface area (Å²) in [6.45, 7) is 8.59. The average molecular weight is 343 g/mol. The van der Waals surface area contributed by atoms with Crippen molar-refractivity contribution in [2.45, 2.75) is 52.5 Å². The number of anilines is 1. The Bertz CT molecular complexity index is 802. The number of carbonyl (C=O) groups is 1. The molecule has 1 amide bonds. The first-order valence-corrected chi connectivity index (χ1v) is 9.20. The van der Waals surface area contributed by atoms with Crippen molar-refractivity contribution in [1.82, 2.24) is 19.9 Å². The van der Waals surface area contributed by atoms with Crippen LogP contribution in [0.25, 0.3) is 11.2 Å². The molecule has 2 fully saturated rings. The van der Waals surface area contributed by atoms with Crippen LogP contribution >= 0.6 is 0 Å². The third-order valence-corrected chi connectivity index (χ3v) is 5.57. The van der Waals surface area contributed by atoms with Gasteiger partial charge in [0.25, 0.3) is 5.71 Å². The lowest BCUT2D eigenvalue weighted by Gasteiger charge is -2.41. The van der Waals surface area contributed by atoms with Crippen LogP contribution in [0.1, 0.15) is 45.9 Å². The summed E-state index contributed by atoms with van der Waals surface area (Å²) < 4.78 is 5.66. The summed E-state index contributed by atoms with van der Waals surface area (Å²) in [5, 5.41) is 0. The van der Waals surface area contributed by atoms with Gasteiger partial charge in [0.05, 0.1) is 5.41 Å². The van der Waals surface area contributed by atoms with Gasteiger partial charge in [-0.1, -0.05) is 6.92 Å². The lowest BCUT2D eigenvalue weighted by molar-refractivity contribution is -0.147. The monoisotopic (exact) mass is 343 g/mol. The van der Waals surface area contributed by atoms with Crippen LogP contribution in [-0.2, 0) is 11.2 Å². The number of aryl methyl sites for hydroxylation is 1. The zero-order valence-electron chi connectivity index (χ0n) is 15.2. The van der Waals surface area contributed by atoms with Crippen LogP contribution in [-0.4, -0.2) is 51.4 Å². The zero-order chi connectivity index (χ0) is 17.6. The van der Waals surface area contributed by atoms with Crippen molar-refractivity contribution in [2.75, 3.05) is 24.5 Å². The van der Waals surface area contributed by atoms with Gasteiger partial charge < -0.3 is 14.2 Å². The van der Waals surface area contributed by atoms with E-state index in [9.17, 15) is 4.79 Å². The van der Waals surface area contributed by atoms with Crippen LogP contribution in [0.15, 0.2) is 10.7 Å². The Morgan fingerprint density at radius 2 is 2.12 bits per heavy atom. The van der Waals surface area contributed by atoms with Crippen molar-refractivity contribution in [3.8, 4) is 0 Å². The Morgan fingerprint density at radius 3 is 2.88 bits per heavy atom. The van der Waals surface area contributed by atoms with Crippen molar-refractivity contribution in [3.05, 3.63) is 12.2 Å². The van der Waals surface area contributed by atoms with Gasteiger partial charge in [0.1, 0.15) is 6.33 Å². The van der Waals surface area contributed by atoms with E-state index in [-0.39, 0.29) is 11.5 Å². The minimum Gasteiger partial charge on any atom is -0.422 e. The molecule has 25 heavy (non-hydrogen) atoms. The SMILES string of the molecule is CCc1nc2c(N3CC[C@@]4(CCCN(C(C)C)C4=O)C3)ncnc2o1. The molecular formula is C18H25N5O2. The number of oxazole rings is 1. The predicted molar refractivity (Wildman–Crippen MR) is 94.3 cm³/mol. The first-order valence-electron chi connectivity index (χ1n) is 9.20. The van der Waals surface area contributed by atoms with Crippen molar-refractivity contribution < 1.29 is 9.21 Å². The van der Waals surface area contributed by atoms with E-state index >= 15 is 0 Å². The van der Waals surface area contributed by atoms with Gasteiger partial charge in [0, 0.05) is 32.1 Å². The summed E-state index contributed by atoms with van der Waals surface area (Å²) in [5.41, 5.74) is 0.957. The summed E-state index contributed by atoms with van der Waals surface area (Å²) in [5.74, 6) is 1.76. The highest BCUT2D eigenvalue weighted by atomic mass is 16.4. The van der Waals surface area contributed by atoms with Crippen LogP contribution in [0, 0.1) is 5.41 Å². The quantitative estimate of drug-likeness (QED) is 0.852. The maximum Gasteiger partial charge on any atom is 0.252 e. The summed E-state index contributed by atoms with van der Waals surface area (Å²) in [6, 6.07) is 0.257. The van der Waals surface area contributed by atoms with E-state index in [1.807, 2.05) is 11.8 Å². The molecule has 134 valence electrons. The fourth-order valence-corrected chi connectivity index (χ4v) is 4.19. The van der Waals surface area contributed by atoms with Gasteiger partial charge in [-0.25, -0.2) is 9.97 Å². The molecule has 4 heterocycles. The Hall–Kier alpha value is -2.18. The highest BCUT2D eigenvalue weighted by molar-refractivity contribution is 5.87. The molecule has 0 radical (unpaired) electrons. The Kier molecular flexibility index (Phi) is 3.89. The third-order valence-electron chi connectivity index (χ3n) is 5.57. The standard InChI is InChI=1S/C18H25N5O2/c1-4-13-21-14-15(19-11-20-16(14)25-13)22-9-7-18(10-22)6-5-8-23(12(2)3)17(18)24/h11-12H,4-10H2,1-3H3/t18-/m0/s1. The first kappa shape index (κ1) is 16.3. The van der Waals surface area contributed by atoms with Gasteiger partial charge >= 0.3 is 0 Å². The first-order chi connectivity index (χ1) is 12.0. The Morgan fingerprint density at radius 1 is 1.28 bits per heavy atom. The normalized spacial score (nSPS) is 24.2. The number of hydrogen-bond donors (Lipinski definition) is 0. The molecular weight excluding hydrogens is 318 g/mol. The molecule has 2 saturated heterocycles. The number of hydrogen-bond acceptors (Lipinski definition) is 6. The number of likely N-dealkylation sites (tertiary alicyclic amines) is 1. The van der Waals surface area contributed by atoms with Crippen LogP contribution in [0.2, 0.25) is 0 Å². The lowest BCUT2D eigenvalue weighted by Crippen LogP contribution is -2.52. The number of aromatic nitrogens is 3. The maximum atomic E-state index is 13.1.